The van der Waals surface area contributed by atoms with Crippen molar-refractivity contribution in [3.05, 3.63) is 12.3 Å². The van der Waals surface area contributed by atoms with Gasteiger partial charge in [-0.1, -0.05) is 5.76 Å². The van der Waals surface area contributed by atoms with Gasteiger partial charge in [0.05, 0.1) is 0 Å². The summed E-state index contributed by atoms with van der Waals surface area (Å²) in [5.74, 6) is -0.880. The van der Waals surface area contributed by atoms with Gasteiger partial charge in [0.2, 0.25) is 0 Å². The second-order valence-electron chi connectivity index (χ2n) is 0.840. The molecular formula is C3H5O3-. The average molecular weight is 89.1 g/mol. The van der Waals surface area contributed by atoms with Gasteiger partial charge in [0.15, 0.2) is 6.29 Å². The van der Waals surface area contributed by atoms with Gasteiger partial charge in [-0.3, -0.25) is 0 Å². The van der Waals surface area contributed by atoms with Crippen molar-refractivity contribution in [2.75, 3.05) is 0 Å². The smallest absolute Gasteiger partial charge is 0.163 e. The van der Waals surface area contributed by atoms with Crippen LogP contribution in [0.1, 0.15) is 0 Å². The number of rotatable bonds is 1. The lowest BCUT2D eigenvalue weighted by molar-refractivity contribution is -0.336. The van der Waals surface area contributed by atoms with Crippen molar-refractivity contribution in [2.45, 2.75) is 6.29 Å². The lowest BCUT2D eigenvalue weighted by Gasteiger charge is -2.08. The van der Waals surface area contributed by atoms with Crippen LogP contribution in [0.2, 0.25) is 0 Å². The highest BCUT2D eigenvalue weighted by Gasteiger charge is 1.84. The molecule has 3 heteroatoms. The molecule has 0 radical (unpaired) electrons. The normalized spacial score (nSPS) is 9.17. The monoisotopic (exact) mass is 89.0 g/mol. The maximum absolute atomic E-state index is 9.53. The van der Waals surface area contributed by atoms with Gasteiger partial charge in [0.1, 0.15) is 0 Å². The minimum absolute atomic E-state index is 0.880. The lowest BCUT2D eigenvalue weighted by atomic mass is 10.6. The van der Waals surface area contributed by atoms with Crippen molar-refractivity contribution in [3.8, 4) is 0 Å². The van der Waals surface area contributed by atoms with E-state index in [1.807, 2.05) is 0 Å². The molecule has 0 saturated carbocycles. The Balaban J connectivity index is 3.26. The average Bonchev–Trinajstić information content (AvgIpc) is 1.36. The Morgan fingerprint density at radius 3 is 1.83 bits per heavy atom. The van der Waals surface area contributed by atoms with Crippen LogP contribution in [0.4, 0.5) is 0 Å². The van der Waals surface area contributed by atoms with E-state index in [1.54, 1.807) is 0 Å². The zero-order valence-corrected chi connectivity index (χ0v) is 3.09. The first-order chi connectivity index (χ1) is 2.64. The van der Waals surface area contributed by atoms with Gasteiger partial charge in [0.25, 0.3) is 0 Å². The maximum atomic E-state index is 9.53. The topological polar surface area (TPSA) is 63.5 Å². The van der Waals surface area contributed by atoms with E-state index < -0.39 is 12.0 Å². The summed E-state index contributed by atoms with van der Waals surface area (Å²) < 4.78 is 0. The van der Waals surface area contributed by atoms with E-state index in [1.165, 1.54) is 0 Å². The quantitative estimate of drug-likeness (QED) is 0.293. The van der Waals surface area contributed by atoms with E-state index in [-0.39, 0.29) is 0 Å². The summed E-state index contributed by atoms with van der Waals surface area (Å²) in [5.41, 5.74) is 0. The molecule has 0 saturated heterocycles. The predicted molar refractivity (Wildman–Crippen MR) is 17.4 cm³/mol. The Labute approximate surface area is 35.2 Å². The van der Waals surface area contributed by atoms with Gasteiger partial charge in [-0.2, -0.15) is 0 Å². The van der Waals surface area contributed by atoms with Gasteiger partial charge in [-0.15, -0.1) is 6.58 Å². The molecule has 0 aromatic heterocycles. The largest absolute Gasteiger partial charge is 0.872 e. The fourth-order valence-corrected chi connectivity index (χ4v) is 0. The van der Waals surface area contributed by atoms with E-state index in [9.17, 15) is 5.11 Å². The van der Waals surface area contributed by atoms with Crippen LogP contribution < -0.4 is 5.11 Å². The van der Waals surface area contributed by atoms with E-state index >= 15 is 0 Å². The summed E-state index contributed by atoms with van der Waals surface area (Å²) in [6.07, 6.45) is -1.90. The lowest BCUT2D eigenvalue weighted by Crippen LogP contribution is -2.17. The van der Waals surface area contributed by atoms with Crippen molar-refractivity contribution >= 4 is 0 Å². The molecule has 2 N–H and O–H groups in total. The number of aliphatic hydroxyl groups excluding tert-OH is 1. The van der Waals surface area contributed by atoms with Gasteiger partial charge in [0, 0.05) is 0 Å². The SMILES string of the molecule is C=C([O-])C(O)O. The summed E-state index contributed by atoms with van der Waals surface area (Å²) >= 11 is 0. The number of hydrogen-bond donors (Lipinski definition) is 2. The number of hydrogen-bond acceptors (Lipinski definition) is 3. The Bertz CT molecular complexity index is 57.1. The molecule has 0 spiro atoms. The molecule has 0 fully saturated rings. The third-order valence-corrected chi connectivity index (χ3v) is 0.288. The predicted octanol–water partition coefficient (Wildman–Crippen LogP) is -1.83. The van der Waals surface area contributed by atoms with Crippen LogP contribution in [0.3, 0.4) is 0 Å². The second kappa shape index (κ2) is 1.79. The molecule has 0 rings (SSSR count). The third-order valence-electron chi connectivity index (χ3n) is 0.288. The van der Waals surface area contributed by atoms with Crippen LogP contribution in [0, 0.1) is 0 Å². The van der Waals surface area contributed by atoms with E-state index in [0.29, 0.717) is 0 Å². The zero-order chi connectivity index (χ0) is 5.15. The molecular weight excluding hydrogens is 84.0 g/mol. The molecule has 36 valence electrons. The van der Waals surface area contributed by atoms with Crippen molar-refractivity contribution in [1.82, 2.24) is 0 Å². The van der Waals surface area contributed by atoms with Crippen LogP contribution in [-0.4, -0.2) is 16.5 Å². The first kappa shape index (κ1) is 5.46. The summed E-state index contributed by atoms with van der Waals surface area (Å²) in [6.45, 7) is 2.70. The minimum Gasteiger partial charge on any atom is -0.872 e. The fourth-order valence-electron chi connectivity index (χ4n) is 0. The highest BCUT2D eigenvalue weighted by molar-refractivity contribution is 4.77. The van der Waals surface area contributed by atoms with E-state index in [0.717, 1.165) is 0 Å². The van der Waals surface area contributed by atoms with Gasteiger partial charge < -0.3 is 15.3 Å². The van der Waals surface area contributed by atoms with Crippen molar-refractivity contribution in [3.63, 3.8) is 0 Å². The minimum atomic E-state index is -1.90. The standard InChI is InChI=1S/C3H6O3/c1-2(4)3(5)6/h3-6H,1H2/p-1. The van der Waals surface area contributed by atoms with Crippen LogP contribution in [0.15, 0.2) is 12.3 Å². The first-order valence-electron chi connectivity index (χ1n) is 1.36. The van der Waals surface area contributed by atoms with Crippen molar-refractivity contribution < 1.29 is 15.3 Å². The van der Waals surface area contributed by atoms with Crippen molar-refractivity contribution in [1.29, 1.82) is 0 Å². The molecule has 0 atom stereocenters. The summed E-state index contributed by atoms with van der Waals surface area (Å²) in [5, 5.41) is 25.1. The molecule has 0 aromatic carbocycles. The highest BCUT2D eigenvalue weighted by atomic mass is 16.5. The Morgan fingerprint density at radius 1 is 1.67 bits per heavy atom. The molecule has 0 heterocycles. The molecule has 0 aliphatic carbocycles. The van der Waals surface area contributed by atoms with Gasteiger partial charge in [-0.05, 0) is 0 Å². The van der Waals surface area contributed by atoms with E-state index in [2.05, 4.69) is 6.58 Å². The van der Waals surface area contributed by atoms with Crippen LogP contribution in [0.5, 0.6) is 0 Å². The Kier molecular flexibility index (Phi) is 1.63. The molecule has 0 aliphatic heterocycles. The Hall–Kier alpha value is -0.540. The molecule has 0 amide bonds. The van der Waals surface area contributed by atoms with Crippen LogP contribution in [0.25, 0.3) is 0 Å². The van der Waals surface area contributed by atoms with Gasteiger partial charge >= 0.3 is 0 Å². The second-order valence-corrected chi connectivity index (χ2v) is 0.840. The van der Waals surface area contributed by atoms with Crippen LogP contribution >= 0.6 is 0 Å². The highest BCUT2D eigenvalue weighted by Crippen LogP contribution is 1.78. The first-order valence-corrected chi connectivity index (χ1v) is 1.36. The molecule has 0 aliphatic rings. The van der Waals surface area contributed by atoms with Gasteiger partial charge in [-0.25, -0.2) is 0 Å². The molecule has 3 nitrogen and oxygen atoms in total. The molecule has 0 unspecified atom stereocenters. The van der Waals surface area contributed by atoms with E-state index in [4.69, 9.17) is 10.2 Å². The van der Waals surface area contributed by atoms with Crippen LogP contribution in [-0.2, 0) is 0 Å². The molecule has 6 heavy (non-hydrogen) atoms. The molecule has 0 aromatic rings. The van der Waals surface area contributed by atoms with Crippen molar-refractivity contribution in [2.24, 2.45) is 0 Å². The summed E-state index contributed by atoms with van der Waals surface area (Å²) in [4.78, 5) is 0. The Morgan fingerprint density at radius 2 is 1.83 bits per heavy atom. The summed E-state index contributed by atoms with van der Waals surface area (Å²) in [6, 6.07) is 0. The summed E-state index contributed by atoms with van der Waals surface area (Å²) in [7, 11) is 0. The number of aliphatic hydroxyl groups is 2. The zero-order valence-electron chi connectivity index (χ0n) is 3.09. The maximum Gasteiger partial charge on any atom is 0.163 e. The third kappa shape index (κ3) is 1.75. The molecule has 0 bridgehead atoms. The fraction of sp³-hybridized carbons (Fsp3) is 0.333.